The topological polar surface area (TPSA) is 90.9 Å². The lowest BCUT2D eigenvalue weighted by Crippen LogP contribution is -2.46. The number of hydrazine groups is 2. The Balaban J connectivity index is 1.82. The second-order valence-electron chi connectivity index (χ2n) is 6.53. The summed E-state index contributed by atoms with van der Waals surface area (Å²) < 4.78 is 0. The molecule has 1 aromatic heterocycles. The number of hydrogen-bond acceptors (Lipinski definition) is 7. The highest BCUT2D eigenvalue weighted by molar-refractivity contribution is 6.44. The number of aryl methyl sites for hydroxylation is 1. The number of benzene rings is 2. The molecule has 0 saturated heterocycles. The fourth-order valence-corrected chi connectivity index (χ4v) is 3.66. The molecule has 2 aliphatic rings. The van der Waals surface area contributed by atoms with E-state index < -0.39 is 0 Å². The Morgan fingerprint density at radius 3 is 2.82 bits per heavy atom. The van der Waals surface area contributed by atoms with Crippen LogP contribution < -0.4 is 16.8 Å². The molecule has 138 valence electrons. The Bertz CT molecular complexity index is 1210. The molecule has 0 radical (unpaired) electrons. The van der Waals surface area contributed by atoms with Gasteiger partial charge in [-0.2, -0.15) is 0 Å². The first-order valence-corrected chi connectivity index (χ1v) is 9.09. The van der Waals surface area contributed by atoms with Gasteiger partial charge in [-0.3, -0.25) is 4.98 Å². The van der Waals surface area contributed by atoms with E-state index in [0.29, 0.717) is 22.4 Å². The number of nitrogens with one attached hydrogen (secondary N) is 2. The average molecular weight is 390 g/mol. The molecule has 4 N–H and O–H groups in total. The van der Waals surface area contributed by atoms with Gasteiger partial charge in [0.1, 0.15) is 5.70 Å². The third-order valence-corrected chi connectivity index (χ3v) is 5.14. The Kier molecular flexibility index (Phi) is 3.78. The van der Waals surface area contributed by atoms with E-state index in [2.05, 4.69) is 39.1 Å². The highest BCUT2D eigenvalue weighted by atomic mass is 35.5. The van der Waals surface area contributed by atoms with Crippen LogP contribution in [0.2, 0.25) is 5.02 Å². The van der Waals surface area contributed by atoms with E-state index in [-0.39, 0.29) is 0 Å². The van der Waals surface area contributed by atoms with E-state index in [1.54, 1.807) is 5.01 Å². The Morgan fingerprint density at radius 1 is 1.11 bits per heavy atom. The third-order valence-electron chi connectivity index (χ3n) is 4.81. The monoisotopic (exact) mass is 389 g/mol. The summed E-state index contributed by atoms with van der Waals surface area (Å²) in [6, 6.07) is 15.7. The van der Waals surface area contributed by atoms with Crippen LogP contribution in [0.5, 0.6) is 0 Å². The van der Waals surface area contributed by atoms with Crippen molar-refractivity contribution in [3.8, 4) is 0 Å². The van der Waals surface area contributed by atoms with Gasteiger partial charge in [0.25, 0.3) is 0 Å². The SMILES string of the molecule is Cc1ccnc2ccc(C3=C(c4ccccc4Cl)N=C(N)C4=NNNN43)cc12. The molecule has 0 amide bonds. The second kappa shape index (κ2) is 6.33. The van der Waals surface area contributed by atoms with Crippen LogP contribution in [0.3, 0.4) is 0 Å². The quantitative estimate of drug-likeness (QED) is 0.626. The van der Waals surface area contributed by atoms with Crippen molar-refractivity contribution < 1.29 is 0 Å². The van der Waals surface area contributed by atoms with Crippen molar-refractivity contribution >= 4 is 45.6 Å². The van der Waals surface area contributed by atoms with Crippen molar-refractivity contribution in [2.45, 2.75) is 6.92 Å². The number of aliphatic imine (C=N–C) groups is 1. The molecule has 0 saturated carbocycles. The van der Waals surface area contributed by atoms with E-state index in [1.807, 2.05) is 48.7 Å². The summed E-state index contributed by atoms with van der Waals surface area (Å²) in [7, 11) is 0. The average Bonchev–Trinajstić information content (AvgIpc) is 3.19. The van der Waals surface area contributed by atoms with Gasteiger partial charge < -0.3 is 5.73 Å². The number of amidine groups is 2. The van der Waals surface area contributed by atoms with Gasteiger partial charge in [0, 0.05) is 22.7 Å². The molecule has 3 heterocycles. The first-order valence-electron chi connectivity index (χ1n) is 8.71. The summed E-state index contributed by atoms with van der Waals surface area (Å²) in [5.74, 6) is 0.809. The zero-order chi connectivity index (χ0) is 19.3. The van der Waals surface area contributed by atoms with Crippen molar-refractivity contribution in [3.05, 3.63) is 76.4 Å². The molecule has 8 heteroatoms. The van der Waals surface area contributed by atoms with Gasteiger partial charge in [-0.1, -0.05) is 35.9 Å². The number of aromatic nitrogens is 1. The standard InChI is InChI=1S/C20H16ClN7/c1-11-8-9-23-16-7-6-12(10-14(11)16)18-17(13-4-2-3-5-15(13)21)24-19(22)20-25-26-27-28(18)20/h2-10,26-27H,1H3,(H2,22,24). The summed E-state index contributed by atoms with van der Waals surface area (Å²) in [5, 5.41) is 7.64. The molecule has 2 aromatic carbocycles. The van der Waals surface area contributed by atoms with Gasteiger partial charge in [-0.05, 0) is 36.8 Å². The lowest BCUT2D eigenvalue weighted by atomic mass is 10.00. The Hall–Kier alpha value is -3.42. The number of rotatable bonds is 2. The summed E-state index contributed by atoms with van der Waals surface area (Å²) in [6.07, 6.45) is 1.81. The Labute approximate surface area is 166 Å². The number of hydrogen-bond donors (Lipinski definition) is 3. The van der Waals surface area contributed by atoms with Crippen LogP contribution in [0.4, 0.5) is 0 Å². The summed E-state index contributed by atoms with van der Waals surface area (Å²) in [5.41, 5.74) is 17.2. The third kappa shape index (κ3) is 2.52. The number of fused-ring (bicyclic) bond motifs is 2. The van der Waals surface area contributed by atoms with E-state index in [0.717, 1.165) is 33.3 Å². The molecule has 5 rings (SSSR count). The zero-order valence-electron chi connectivity index (χ0n) is 14.9. The van der Waals surface area contributed by atoms with Gasteiger partial charge in [-0.15, -0.1) is 10.6 Å². The molecule has 0 bridgehead atoms. The minimum atomic E-state index is 0.301. The maximum Gasteiger partial charge on any atom is 0.213 e. The normalized spacial score (nSPS) is 16.0. The van der Waals surface area contributed by atoms with Crippen LogP contribution >= 0.6 is 11.6 Å². The zero-order valence-corrected chi connectivity index (χ0v) is 15.7. The van der Waals surface area contributed by atoms with Gasteiger partial charge in [0.05, 0.1) is 16.2 Å². The van der Waals surface area contributed by atoms with E-state index in [4.69, 9.17) is 17.3 Å². The summed E-state index contributed by atoms with van der Waals surface area (Å²) >= 11 is 6.48. The predicted molar refractivity (Wildman–Crippen MR) is 112 cm³/mol. The minimum absolute atomic E-state index is 0.301. The van der Waals surface area contributed by atoms with Gasteiger partial charge >= 0.3 is 0 Å². The highest BCUT2D eigenvalue weighted by Gasteiger charge is 2.33. The van der Waals surface area contributed by atoms with Crippen molar-refractivity contribution in [1.29, 1.82) is 0 Å². The van der Waals surface area contributed by atoms with Crippen molar-refractivity contribution in [1.82, 2.24) is 21.1 Å². The van der Waals surface area contributed by atoms with Gasteiger partial charge in [0.2, 0.25) is 5.84 Å². The van der Waals surface area contributed by atoms with Crippen LogP contribution in [0.25, 0.3) is 22.3 Å². The molecular formula is C20H16ClN7. The van der Waals surface area contributed by atoms with E-state index >= 15 is 0 Å². The molecule has 28 heavy (non-hydrogen) atoms. The van der Waals surface area contributed by atoms with E-state index in [1.165, 1.54) is 0 Å². The second-order valence-corrected chi connectivity index (χ2v) is 6.94. The number of halogens is 1. The molecule has 2 aliphatic heterocycles. The largest absolute Gasteiger partial charge is 0.380 e. The van der Waals surface area contributed by atoms with Crippen molar-refractivity contribution in [3.63, 3.8) is 0 Å². The van der Waals surface area contributed by atoms with Crippen LogP contribution in [-0.4, -0.2) is 21.7 Å². The molecule has 7 nitrogen and oxygen atoms in total. The van der Waals surface area contributed by atoms with Crippen LogP contribution in [0, 0.1) is 6.92 Å². The van der Waals surface area contributed by atoms with Gasteiger partial charge in [0.15, 0.2) is 5.84 Å². The van der Waals surface area contributed by atoms with Crippen molar-refractivity contribution in [2.75, 3.05) is 0 Å². The number of hydrazone groups is 1. The molecular weight excluding hydrogens is 374 g/mol. The number of pyridine rings is 1. The van der Waals surface area contributed by atoms with Gasteiger partial charge in [-0.25, -0.2) is 15.5 Å². The smallest absolute Gasteiger partial charge is 0.213 e. The molecule has 0 fully saturated rings. The lowest BCUT2D eigenvalue weighted by Gasteiger charge is -2.28. The maximum absolute atomic E-state index is 6.48. The number of nitrogens with zero attached hydrogens (tertiary/aromatic N) is 4. The first kappa shape index (κ1) is 16.7. The number of nitrogens with two attached hydrogens (primary N) is 1. The molecule has 3 aromatic rings. The van der Waals surface area contributed by atoms with Crippen molar-refractivity contribution in [2.24, 2.45) is 15.8 Å². The van der Waals surface area contributed by atoms with Crippen LogP contribution in [-0.2, 0) is 0 Å². The maximum atomic E-state index is 6.48. The molecule has 0 spiro atoms. The van der Waals surface area contributed by atoms with E-state index in [9.17, 15) is 0 Å². The predicted octanol–water partition coefficient (Wildman–Crippen LogP) is 3.03. The molecule has 0 atom stereocenters. The lowest BCUT2D eigenvalue weighted by molar-refractivity contribution is 0.399. The molecule has 0 unspecified atom stereocenters. The Morgan fingerprint density at radius 2 is 1.96 bits per heavy atom. The van der Waals surface area contributed by atoms with Crippen LogP contribution in [0.15, 0.2) is 64.8 Å². The highest BCUT2D eigenvalue weighted by Crippen LogP contribution is 2.37. The fraction of sp³-hybridized carbons (Fsp3) is 0.0500. The first-order chi connectivity index (χ1) is 13.6. The molecule has 0 aliphatic carbocycles. The fourth-order valence-electron chi connectivity index (χ4n) is 3.43. The summed E-state index contributed by atoms with van der Waals surface area (Å²) in [6.45, 7) is 2.07. The minimum Gasteiger partial charge on any atom is -0.380 e. The van der Waals surface area contributed by atoms with Crippen LogP contribution in [0.1, 0.15) is 16.7 Å². The summed E-state index contributed by atoms with van der Waals surface area (Å²) in [4.78, 5) is 9.09.